The summed E-state index contributed by atoms with van der Waals surface area (Å²) in [5.41, 5.74) is 1.84. The maximum Gasteiger partial charge on any atom is 0.232 e. The highest BCUT2D eigenvalue weighted by atomic mass is 16.5. The van der Waals surface area contributed by atoms with Gasteiger partial charge in [0.2, 0.25) is 11.7 Å². The summed E-state index contributed by atoms with van der Waals surface area (Å²) in [6.07, 6.45) is 3.31. The van der Waals surface area contributed by atoms with E-state index >= 15 is 0 Å². The van der Waals surface area contributed by atoms with E-state index in [1.54, 1.807) is 46.0 Å². The predicted octanol–water partition coefficient (Wildman–Crippen LogP) is 4.41. The molecule has 0 aliphatic heterocycles. The number of imidazole rings is 1. The van der Waals surface area contributed by atoms with E-state index in [-0.39, 0.29) is 0 Å². The molecule has 0 unspecified atom stereocenters. The van der Waals surface area contributed by atoms with E-state index in [9.17, 15) is 0 Å². The fraction of sp³-hybridized carbons (Fsp3) is 0.130. The summed E-state index contributed by atoms with van der Waals surface area (Å²) in [5, 5.41) is 8.55. The molecule has 0 saturated heterocycles. The quantitative estimate of drug-likeness (QED) is 0.336. The lowest BCUT2D eigenvalue weighted by Crippen LogP contribution is -2.04. The number of ether oxygens (including phenoxy) is 3. The van der Waals surface area contributed by atoms with Gasteiger partial charge in [0.25, 0.3) is 0 Å². The van der Waals surface area contributed by atoms with Crippen LogP contribution in [0.25, 0.3) is 21.9 Å². The standard InChI is InChI=1S/C23H21N7O3/c1-31-16-10-14(11-17(32-2)19(16)33-3)27-22-18-21(26-12-25-18)29-23(30-22)28-20-15-7-5-4-6-13(15)8-9-24-20/h4-12H,1-3H3,(H3,24,25,26,27,28,29,30). The molecule has 3 heterocycles. The number of rotatable bonds is 7. The fourth-order valence-corrected chi connectivity index (χ4v) is 3.59. The number of H-pyrrole nitrogens is 1. The maximum absolute atomic E-state index is 5.45. The Balaban J connectivity index is 1.55. The number of methoxy groups -OCH3 is 3. The van der Waals surface area contributed by atoms with Crippen LogP contribution >= 0.6 is 0 Å². The number of aromatic amines is 1. The molecule has 0 saturated carbocycles. The van der Waals surface area contributed by atoms with Crippen LogP contribution in [-0.4, -0.2) is 46.2 Å². The van der Waals surface area contributed by atoms with Crippen LogP contribution in [0.5, 0.6) is 17.2 Å². The van der Waals surface area contributed by atoms with Crippen LogP contribution in [0.3, 0.4) is 0 Å². The van der Waals surface area contributed by atoms with E-state index in [1.807, 2.05) is 30.3 Å². The Kier molecular flexibility index (Phi) is 5.23. The van der Waals surface area contributed by atoms with Crippen molar-refractivity contribution >= 4 is 45.2 Å². The van der Waals surface area contributed by atoms with E-state index in [2.05, 4.69) is 35.6 Å². The number of nitrogens with zero attached hydrogens (tertiary/aromatic N) is 4. The van der Waals surface area contributed by atoms with Crippen molar-refractivity contribution in [1.82, 2.24) is 24.9 Å². The first kappa shape index (κ1) is 20.3. The minimum atomic E-state index is 0.355. The number of pyridine rings is 1. The Morgan fingerprint density at radius 2 is 1.61 bits per heavy atom. The largest absolute Gasteiger partial charge is 0.493 e. The van der Waals surface area contributed by atoms with E-state index < -0.39 is 0 Å². The number of hydrogen-bond acceptors (Lipinski definition) is 9. The molecule has 0 spiro atoms. The van der Waals surface area contributed by atoms with Crippen LogP contribution in [0.4, 0.5) is 23.3 Å². The van der Waals surface area contributed by atoms with Gasteiger partial charge in [-0.1, -0.05) is 24.3 Å². The summed E-state index contributed by atoms with van der Waals surface area (Å²) in [7, 11) is 4.70. The Hall–Kier alpha value is -4.60. The maximum atomic E-state index is 5.45. The van der Waals surface area contributed by atoms with Crippen molar-refractivity contribution in [3.05, 3.63) is 55.0 Å². The Morgan fingerprint density at radius 3 is 2.36 bits per heavy atom. The highest BCUT2D eigenvalue weighted by molar-refractivity contribution is 5.93. The zero-order valence-corrected chi connectivity index (χ0v) is 18.2. The molecular weight excluding hydrogens is 422 g/mol. The lowest BCUT2D eigenvalue weighted by atomic mass is 10.1. The van der Waals surface area contributed by atoms with Gasteiger partial charge in [-0.3, -0.25) is 0 Å². The third-order valence-electron chi connectivity index (χ3n) is 5.12. The topological polar surface area (TPSA) is 119 Å². The number of nitrogens with one attached hydrogen (secondary N) is 3. The molecule has 0 aliphatic carbocycles. The molecule has 3 aromatic heterocycles. The number of anilines is 4. The smallest absolute Gasteiger partial charge is 0.232 e. The average molecular weight is 443 g/mol. The third-order valence-corrected chi connectivity index (χ3v) is 5.12. The van der Waals surface area contributed by atoms with Crippen molar-refractivity contribution in [3.8, 4) is 17.2 Å². The van der Waals surface area contributed by atoms with Gasteiger partial charge in [0.05, 0.1) is 27.7 Å². The van der Waals surface area contributed by atoms with Crippen molar-refractivity contribution in [1.29, 1.82) is 0 Å². The summed E-state index contributed by atoms with van der Waals surface area (Å²) in [6.45, 7) is 0. The Labute approximate surface area is 189 Å². The third kappa shape index (κ3) is 3.78. The molecule has 166 valence electrons. The second-order valence-corrected chi connectivity index (χ2v) is 7.04. The molecule has 0 fully saturated rings. The summed E-state index contributed by atoms with van der Waals surface area (Å²) < 4.78 is 16.3. The monoisotopic (exact) mass is 443 g/mol. The first-order valence-electron chi connectivity index (χ1n) is 10.1. The van der Waals surface area contributed by atoms with Crippen molar-refractivity contribution < 1.29 is 14.2 Å². The normalized spacial score (nSPS) is 10.9. The second-order valence-electron chi connectivity index (χ2n) is 7.04. The van der Waals surface area contributed by atoms with Crippen molar-refractivity contribution in [3.63, 3.8) is 0 Å². The zero-order chi connectivity index (χ0) is 22.8. The molecule has 10 heteroatoms. The highest BCUT2D eigenvalue weighted by Crippen LogP contribution is 2.41. The van der Waals surface area contributed by atoms with Gasteiger partial charge in [-0.25, -0.2) is 9.97 Å². The van der Waals surface area contributed by atoms with E-state index in [0.717, 1.165) is 10.8 Å². The van der Waals surface area contributed by atoms with Gasteiger partial charge in [0, 0.05) is 29.4 Å². The summed E-state index contributed by atoms with van der Waals surface area (Å²) in [6, 6.07) is 13.5. The van der Waals surface area contributed by atoms with Crippen LogP contribution in [0.15, 0.2) is 55.0 Å². The van der Waals surface area contributed by atoms with Gasteiger partial charge in [0.15, 0.2) is 23.0 Å². The molecule has 0 aliphatic rings. The average Bonchev–Trinajstić information content (AvgIpc) is 3.32. The molecule has 5 rings (SSSR count). The van der Waals surface area contributed by atoms with Crippen LogP contribution in [-0.2, 0) is 0 Å². The number of fused-ring (bicyclic) bond motifs is 2. The molecule has 0 radical (unpaired) electrons. The summed E-state index contributed by atoms with van der Waals surface area (Å²) >= 11 is 0. The second kappa shape index (κ2) is 8.50. The number of hydrogen-bond donors (Lipinski definition) is 3. The van der Waals surface area contributed by atoms with E-state index in [1.165, 1.54) is 0 Å². The molecule has 0 atom stereocenters. The Bertz CT molecular complexity index is 1420. The highest BCUT2D eigenvalue weighted by Gasteiger charge is 2.16. The van der Waals surface area contributed by atoms with E-state index in [4.69, 9.17) is 14.2 Å². The lowest BCUT2D eigenvalue weighted by Gasteiger charge is -2.15. The molecule has 3 N–H and O–H groups in total. The van der Waals surface area contributed by atoms with E-state index in [0.29, 0.717) is 51.7 Å². The van der Waals surface area contributed by atoms with Gasteiger partial charge in [-0.05, 0) is 11.5 Å². The lowest BCUT2D eigenvalue weighted by molar-refractivity contribution is 0.324. The first-order valence-corrected chi connectivity index (χ1v) is 10.1. The van der Waals surface area contributed by atoms with Gasteiger partial charge in [-0.2, -0.15) is 9.97 Å². The minimum absolute atomic E-state index is 0.355. The van der Waals surface area contributed by atoms with Crippen LogP contribution in [0, 0.1) is 0 Å². The van der Waals surface area contributed by atoms with Gasteiger partial charge >= 0.3 is 0 Å². The van der Waals surface area contributed by atoms with Crippen molar-refractivity contribution in [2.24, 2.45) is 0 Å². The van der Waals surface area contributed by atoms with Crippen LogP contribution in [0.1, 0.15) is 0 Å². The SMILES string of the molecule is COc1cc(Nc2nc(Nc3nccc4ccccc34)nc3nc[nH]c23)cc(OC)c1OC. The van der Waals surface area contributed by atoms with Crippen molar-refractivity contribution in [2.75, 3.05) is 32.0 Å². The van der Waals surface area contributed by atoms with Gasteiger partial charge in [0.1, 0.15) is 11.3 Å². The summed E-state index contributed by atoms with van der Waals surface area (Å²) in [4.78, 5) is 21.0. The zero-order valence-electron chi connectivity index (χ0n) is 18.2. The molecule has 33 heavy (non-hydrogen) atoms. The van der Waals surface area contributed by atoms with Gasteiger partial charge < -0.3 is 29.8 Å². The van der Waals surface area contributed by atoms with Gasteiger partial charge in [-0.15, -0.1) is 0 Å². The minimum Gasteiger partial charge on any atom is -0.493 e. The Morgan fingerprint density at radius 1 is 0.818 bits per heavy atom. The molecule has 2 aromatic carbocycles. The fourth-order valence-electron chi connectivity index (χ4n) is 3.59. The molecular formula is C23H21N7O3. The first-order chi connectivity index (χ1) is 16.2. The number of benzene rings is 2. The number of aromatic nitrogens is 5. The summed E-state index contributed by atoms with van der Waals surface area (Å²) in [5.74, 6) is 3.08. The van der Waals surface area contributed by atoms with Crippen LogP contribution < -0.4 is 24.8 Å². The molecule has 5 aromatic rings. The van der Waals surface area contributed by atoms with Crippen molar-refractivity contribution in [2.45, 2.75) is 0 Å². The molecule has 10 nitrogen and oxygen atoms in total. The molecule has 0 amide bonds. The molecule has 0 bridgehead atoms. The predicted molar refractivity (Wildman–Crippen MR) is 126 cm³/mol. The van der Waals surface area contributed by atoms with Crippen LogP contribution in [0.2, 0.25) is 0 Å².